The fourth-order valence-electron chi connectivity index (χ4n) is 3.01. The van der Waals surface area contributed by atoms with Crippen molar-refractivity contribution in [1.29, 1.82) is 0 Å². The van der Waals surface area contributed by atoms with Gasteiger partial charge in [-0.2, -0.15) is 0 Å². The molecule has 0 aliphatic carbocycles. The van der Waals surface area contributed by atoms with E-state index in [4.69, 9.17) is 4.74 Å². The van der Waals surface area contributed by atoms with Crippen LogP contribution in [0.1, 0.15) is 35.2 Å². The number of aryl methyl sites for hydroxylation is 3. The molecule has 3 aromatic rings. The number of rotatable bonds is 7. The normalized spacial score (nSPS) is 11.7. The van der Waals surface area contributed by atoms with Crippen LogP contribution in [0.15, 0.2) is 59.9 Å². The molecule has 1 aromatic heterocycles. The largest absolute Gasteiger partial charge is 0.437 e. The number of ether oxygens (including phenoxy) is 1. The third kappa shape index (κ3) is 5.81. The van der Waals surface area contributed by atoms with E-state index in [2.05, 4.69) is 47.3 Å². The molecule has 2 aromatic carbocycles. The van der Waals surface area contributed by atoms with Gasteiger partial charge in [0.05, 0.1) is 11.8 Å². The smallest absolute Gasteiger partial charge is 0.252 e. The third-order valence-electron chi connectivity index (χ3n) is 4.48. The molecular weight excluding hydrogens is 382 g/mol. The maximum Gasteiger partial charge on any atom is 0.252 e. The van der Waals surface area contributed by atoms with E-state index in [9.17, 15) is 4.79 Å². The topological polar surface area (TPSA) is 64.1 Å². The van der Waals surface area contributed by atoms with Gasteiger partial charge in [-0.25, -0.2) is 9.97 Å². The van der Waals surface area contributed by atoms with E-state index in [-0.39, 0.29) is 17.7 Å². The van der Waals surface area contributed by atoms with Gasteiger partial charge in [-0.3, -0.25) is 4.79 Å². The van der Waals surface area contributed by atoms with Gasteiger partial charge in [-0.15, -0.1) is 0 Å². The van der Waals surface area contributed by atoms with E-state index < -0.39 is 0 Å². The summed E-state index contributed by atoms with van der Waals surface area (Å²) in [6.07, 6.45) is 3.18. The fraction of sp³-hybridized carbons (Fsp3) is 0.261. The lowest BCUT2D eigenvalue weighted by Gasteiger charge is -2.17. The Kier molecular flexibility index (Phi) is 6.88. The Morgan fingerprint density at radius 1 is 1.03 bits per heavy atom. The Hall–Kier alpha value is -2.86. The van der Waals surface area contributed by atoms with Crippen LogP contribution in [-0.4, -0.2) is 21.6 Å². The number of carbonyl (C=O) groups excluding carboxylic acids is 1. The lowest BCUT2D eigenvalue weighted by molar-refractivity contribution is -0.119. The summed E-state index contributed by atoms with van der Waals surface area (Å²) in [6, 6.07) is 13.9. The Labute approximate surface area is 175 Å². The summed E-state index contributed by atoms with van der Waals surface area (Å²) in [5.74, 6) is 1.26. The number of aromatic nitrogens is 2. The second-order valence-corrected chi connectivity index (χ2v) is 7.98. The monoisotopic (exact) mass is 407 g/mol. The summed E-state index contributed by atoms with van der Waals surface area (Å²) >= 11 is 1.31. The van der Waals surface area contributed by atoms with E-state index in [0.717, 1.165) is 11.1 Å². The van der Waals surface area contributed by atoms with Crippen LogP contribution in [0.2, 0.25) is 0 Å². The number of amides is 1. The van der Waals surface area contributed by atoms with Gasteiger partial charge in [-0.05, 0) is 51.0 Å². The molecule has 1 N–H and O–H groups in total. The quantitative estimate of drug-likeness (QED) is 0.548. The van der Waals surface area contributed by atoms with Crippen LogP contribution in [0, 0.1) is 20.8 Å². The highest BCUT2D eigenvalue weighted by molar-refractivity contribution is 8.00. The molecule has 1 heterocycles. The first-order valence-electron chi connectivity index (χ1n) is 9.47. The predicted octanol–water partition coefficient (Wildman–Crippen LogP) is 5.16. The molecule has 29 heavy (non-hydrogen) atoms. The van der Waals surface area contributed by atoms with Crippen molar-refractivity contribution in [3.8, 4) is 11.6 Å². The summed E-state index contributed by atoms with van der Waals surface area (Å²) in [5.41, 5.74) is 4.66. The van der Waals surface area contributed by atoms with Gasteiger partial charge in [0.25, 0.3) is 5.88 Å². The summed E-state index contributed by atoms with van der Waals surface area (Å²) in [5, 5.41) is 3.64. The molecule has 150 valence electrons. The van der Waals surface area contributed by atoms with Gasteiger partial charge < -0.3 is 10.1 Å². The van der Waals surface area contributed by atoms with E-state index in [1.54, 1.807) is 12.4 Å². The summed E-state index contributed by atoms with van der Waals surface area (Å²) in [6.45, 7) is 8.14. The lowest BCUT2D eigenvalue weighted by atomic mass is 10.0. The lowest BCUT2D eigenvalue weighted by Crippen LogP contribution is -2.28. The van der Waals surface area contributed by atoms with Crippen molar-refractivity contribution >= 4 is 17.7 Å². The first-order valence-corrected chi connectivity index (χ1v) is 10.5. The number of benzene rings is 2. The van der Waals surface area contributed by atoms with Crippen molar-refractivity contribution in [1.82, 2.24) is 15.3 Å². The van der Waals surface area contributed by atoms with Gasteiger partial charge in [0.1, 0.15) is 5.75 Å². The van der Waals surface area contributed by atoms with Gasteiger partial charge in [-0.1, -0.05) is 53.2 Å². The maximum atomic E-state index is 12.5. The van der Waals surface area contributed by atoms with Gasteiger partial charge in [0.2, 0.25) is 5.91 Å². The molecule has 0 aliphatic rings. The third-order valence-corrected chi connectivity index (χ3v) is 5.44. The Bertz CT molecular complexity index is 990. The molecule has 0 aliphatic heterocycles. The molecule has 0 bridgehead atoms. The Morgan fingerprint density at radius 2 is 1.72 bits per heavy atom. The van der Waals surface area contributed by atoms with E-state index in [0.29, 0.717) is 16.7 Å². The molecule has 5 nitrogen and oxygen atoms in total. The average molecular weight is 408 g/mol. The van der Waals surface area contributed by atoms with Crippen LogP contribution in [0.4, 0.5) is 0 Å². The minimum atomic E-state index is -0.0613. The van der Waals surface area contributed by atoms with Crippen LogP contribution in [0.5, 0.6) is 11.6 Å². The first kappa shape index (κ1) is 20.9. The number of thioether (sulfide) groups is 1. The van der Waals surface area contributed by atoms with Crippen LogP contribution in [0.25, 0.3) is 0 Å². The molecule has 0 saturated heterocycles. The Morgan fingerprint density at radius 3 is 2.45 bits per heavy atom. The highest BCUT2D eigenvalue weighted by atomic mass is 32.2. The molecule has 3 rings (SSSR count). The molecule has 1 amide bonds. The van der Waals surface area contributed by atoms with Crippen molar-refractivity contribution in [2.75, 3.05) is 5.75 Å². The highest BCUT2D eigenvalue weighted by Crippen LogP contribution is 2.29. The summed E-state index contributed by atoms with van der Waals surface area (Å²) in [4.78, 5) is 21.1. The molecule has 0 spiro atoms. The summed E-state index contributed by atoms with van der Waals surface area (Å²) < 4.78 is 5.85. The van der Waals surface area contributed by atoms with Gasteiger partial charge in [0.15, 0.2) is 5.03 Å². The molecule has 6 heteroatoms. The average Bonchev–Trinajstić information content (AvgIpc) is 2.69. The zero-order chi connectivity index (χ0) is 20.8. The standard InChI is InChI=1S/C23H25N3O2S/c1-15-5-8-19(9-6-15)28-22-23(25-12-11-24-22)29-14-21(27)26-18(4)20-10-7-16(2)13-17(20)3/h5-13,18H,14H2,1-4H3,(H,26,27)/t18-/m1/s1. The SMILES string of the molecule is Cc1ccc(Oc2nccnc2SCC(=O)N[C@H](C)c2ccc(C)cc2C)cc1. The Balaban J connectivity index is 1.60. The summed E-state index contributed by atoms with van der Waals surface area (Å²) in [7, 11) is 0. The van der Waals surface area contributed by atoms with Crippen molar-refractivity contribution in [2.24, 2.45) is 0 Å². The number of hydrogen-bond acceptors (Lipinski definition) is 5. The molecular formula is C23H25N3O2S. The van der Waals surface area contributed by atoms with Crippen LogP contribution < -0.4 is 10.1 Å². The van der Waals surface area contributed by atoms with E-state index in [1.165, 1.54) is 22.9 Å². The molecule has 0 unspecified atom stereocenters. The van der Waals surface area contributed by atoms with E-state index in [1.807, 2.05) is 38.1 Å². The fourth-order valence-corrected chi connectivity index (χ4v) is 3.71. The van der Waals surface area contributed by atoms with Crippen molar-refractivity contribution < 1.29 is 9.53 Å². The second-order valence-electron chi connectivity index (χ2n) is 7.02. The minimum Gasteiger partial charge on any atom is -0.437 e. The van der Waals surface area contributed by atoms with Crippen LogP contribution in [0.3, 0.4) is 0 Å². The predicted molar refractivity (Wildman–Crippen MR) is 116 cm³/mol. The highest BCUT2D eigenvalue weighted by Gasteiger charge is 2.15. The van der Waals surface area contributed by atoms with E-state index >= 15 is 0 Å². The van der Waals surface area contributed by atoms with Gasteiger partial charge >= 0.3 is 0 Å². The van der Waals surface area contributed by atoms with Crippen LogP contribution in [-0.2, 0) is 4.79 Å². The minimum absolute atomic E-state index is 0.0607. The molecule has 0 radical (unpaired) electrons. The molecule has 0 saturated carbocycles. The zero-order valence-electron chi connectivity index (χ0n) is 17.1. The van der Waals surface area contributed by atoms with Gasteiger partial charge in [0, 0.05) is 12.4 Å². The van der Waals surface area contributed by atoms with Crippen molar-refractivity contribution in [2.45, 2.75) is 38.8 Å². The maximum absolute atomic E-state index is 12.5. The number of nitrogens with zero attached hydrogens (tertiary/aromatic N) is 2. The molecule has 1 atom stereocenters. The number of nitrogens with one attached hydrogen (secondary N) is 1. The van der Waals surface area contributed by atoms with Crippen LogP contribution >= 0.6 is 11.8 Å². The van der Waals surface area contributed by atoms with Crippen molar-refractivity contribution in [3.05, 3.63) is 77.1 Å². The molecule has 0 fully saturated rings. The zero-order valence-corrected chi connectivity index (χ0v) is 17.9. The second kappa shape index (κ2) is 9.56. The number of carbonyl (C=O) groups is 1. The first-order chi connectivity index (χ1) is 13.9. The van der Waals surface area contributed by atoms with Crippen molar-refractivity contribution in [3.63, 3.8) is 0 Å². The number of hydrogen-bond donors (Lipinski definition) is 1.